The average Bonchev–Trinajstić information content (AvgIpc) is 2.53. The first kappa shape index (κ1) is 18.1. The maximum absolute atomic E-state index is 12.0. The largest absolute Gasteiger partial charge is 0.496 e. The molecule has 6 heteroatoms. The van der Waals surface area contributed by atoms with Crippen LogP contribution in [0.25, 0.3) is 0 Å². The summed E-state index contributed by atoms with van der Waals surface area (Å²) in [4.78, 5) is 22.0. The molecule has 0 saturated carbocycles. The maximum atomic E-state index is 12.0. The van der Waals surface area contributed by atoms with E-state index in [0.717, 1.165) is 11.8 Å². The van der Waals surface area contributed by atoms with Crippen molar-refractivity contribution >= 4 is 12.2 Å². The number of carbonyl (C=O) groups is 2. The van der Waals surface area contributed by atoms with E-state index >= 15 is 0 Å². The van der Waals surface area contributed by atoms with Crippen LogP contribution in [0.5, 0.6) is 5.75 Å². The zero-order chi connectivity index (χ0) is 16.2. The van der Waals surface area contributed by atoms with Crippen LogP contribution in [0.15, 0.2) is 18.2 Å². The highest BCUT2D eigenvalue weighted by Gasteiger charge is 2.07. The van der Waals surface area contributed by atoms with Crippen molar-refractivity contribution in [3.8, 4) is 5.75 Å². The first-order valence-corrected chi connectivity index (χ1v) is 7.21. The second-order valence-corrected chi connectivity index (χ2v) is 4.62. The van der Waals surface area contributed by atoms with Crippen molar-refractivity contribution in [3.63, 3.8) is 0 Å². The molecule has 0 aliphatic rings. The molecule has 6 nitrogen and oxygen atoms in total. The second kappa shape index (κ2) is 10.8. The van der Waals surface area contributed by atoms with Crippen LogP contribution in [0.2, 0.25) is 0 Å². The van der Waals surface area contributed by atoms with Crippen LogP contribution in [0.1, 0.15) is 22.3 Å². The van der Waals surface area contributed by atoms with Crippen LogP contribution in [0.4, 0.5) is 0 Å². The summed E-state index contributed by atoms with van der Waals surface area (Å²) in [6.45, 7) is 4.05. The lowest BCUT2D eigenvalue weighted by Crippen LogP contribution is -2.27. The normalized spacial score (nSPS) is 10.3. The Bertz CT molecular complexity index is 476. The Hall–Kier alpha value is -1.92. The Morgan fingerprint density at radius 3 is 2.59 bits per heavy atom. The number of benzene rings is 1. The van der Waals surface area contributed by atoms with E-state index in [9.17, 15) is 9.59 Å². The molecule has 122 valence electrons. The Balaban J connectivity index is 2.17. The summed E-state index contributed by atoms with van der Waals surface area (Å²) in [7, 11) is 1.58. The Morgan fingerprint density at radius 1 is 1.18 bits per heavy atom. The van der Waals surface area contributed by atoms with Gasteiger partial charge in [0.25, 0.3) is 5.91 Å². The first-order chi connectivity index (χ1) is 10.7. The molecule has 0 radical (unpaired) electrons. The summed E-state index contributed by atoms with van der Waals surface area (Å²) in [5, 5.41) is 2.77. The van der Waals surface area contributed by atoms with Gasteiger partial charge in [-0.1, -0.05) is 6.07 Å². The summed E-state index contributed by atoms with van der Waals surface area (Å²) in [5.74, 6) is 0.528. The molecule has 1 aromatic carbocycles. The number of amides is 1. The molecule has 1 amide bonds. The molecule has 0 fully saturated rings. The maximum Gasteiger partial charge on any atom is 0.251 e. The van der Waals surface area contributed by atoms with Crippen LogP contribution in [-0.4, -0.2) is 52.3 Å². The van der Waals surface area contributed by atoms with Gasteiger partial charge in [0.05, 0.1) is 33.5 Å². The van der Waals surface area contributed by atoms with Crippen molar-refractivity contribution in [2.75, 3.05) is 40.1 Å². The fourth-order valence-electron chi connectivity index (χ4n) is 1.75. The molecule has 0 spiro atoms. The van der Waals surface area contributed by atoms with Gasteiger partial charge in [0.15, 0.2) is 0 Å². The van der Waals surface area contributed by atoms with Crippen LogP contribution >= 0.6 is 0 Å². The van der Waals surface area contributed by atoms with Gasteiger partial charge in [0, 0.05) is 18.5 Å². The molecular formula is C16H23NO5. The number of hydrogen-bond donors (Lipinski definition) is 1. The molecule has 1 rings (SSSR count). The SMILES string of the molecule is COc1cc(C(=O)NCCOCCOCCC=O)ccc1C. The van der Waals surface area contributed by atoms with Crippen molar-refractivity contribution in [1.29, 1.82) is 0 Å². The van der Waals surface area contributed by atoms with Gasteiger partial charge >= 0.3 is 0 Å². The molecule has 1 aromatic rings. The molecule has 22 heavy (non-hydrogen) atoms. The molecule has 0 bridgehead atoms. The summed E-state index contributed by atoms with van der Waals surface area (Å²) < 4.78 is 15.7. The highest BCUT2D eigenvalue weighted by molar-refractivity contribution is 5.94. The highest BCUT2D eigenvalue weighted by atomic mass is 16.5. The van der Waals surface area contributed by atoms with Gasteiger partial charge in [-0.15, -0.1) is 0 Å². The Labute approximate surface area is 130 Å². The van der Waals surface area contributed by atoms with Gasteiger partial charge in [0.1, 0.15) is 12.0 Å². The fourth-order valence-corrected chi connectivity index (χ4v) is 1.75. The minimum Gasteiger partial charge on any atom is -0.496 e. The minimum absolute atomic E-state index is 0.163. The molecule has 1 N–H and O–H groups in total. The number of aldehydes is 1. The number of rotatable bonds is 11. The van der Waals surface area contributed by atoms with Crippen molar-refractivity contribution < 1.29 is 23.8 Å². The molecule has 0 saturated heterocycles. The number of ether oxygens (including phenoxy) is 3. The number of methoxy groups -OCH3 is 1. The van der Waals surface area contributed by atoms with E-state index in [0.29, 0.717) is 50.7 Å². The van der Waals surface area contributed by atoms with E-state index in [2.05, 4.69) is 5.32 Å². The quantitative estimate of drug-likeness (QED) is 0.493. The summed E-state index contributed by atoms with van der Waals surface area (Å²) >= 11 is 0. The third-order valence-corrected chi connectivity index (χ3v) is 2.95. The lowest BCUT2D eigenvalue weighted by molar-refractivity contribution is -0.108. The molecule has 0 aromatic heterocycles. The highest BCUT2D eigenvalue weighted by Crippen LogP contribution is 2.18. The van der Waals surface area contributed by atoms with E-state index in [1.165, 1.54) is 0 Å². The van der Waals surface area contributed by atoms with Gasteiger partial charge in [-0.25, -0.2) is 0 Å². The summed E-state index contributed by atoms with van der Waals surface area (Å²) in [6.07, 6.45) is 1.21. The summed E-state index contributed by atoms with van der Waals surface area (Å²) in [6, 6.07) is 5.32. The molecule has 0 unspecified atom stereocenters. The van der Waals surface area contributed by atoms with E-state index < -0.39 is 0 Å². The summed E-state index contributed by atoms with van der Waals surface area (Å²) in [5.41, 5.74) is 1.54. The van der Waals surface area contributed by atoms with Crippen molar-refractivity contribution in [1.82, 2.24) is 5.32 Å². The van der Waals surface area contributed by atoms with Gasteiger partial charge < -0.3 is 24.3 Å². The van der Waals surface area contributed by atoms with Gasteiger partial charge in [-0.05, 0) is 24.6 Å². The smallest absolute Gasteiger partial charge is 0.251 e. The van der Waals surface area contributed by atoms with Crippen LogP contribution in [0.3, 0.4) is 0 Å². The van der Waals surface area contributed by atoms with Crippen LogP contribution < -0.4 is 10.1 Å². The number of hydrogen-bond acceptors (Lipinski definition) is 5. The standard InChI is InChI=1S/C16H23NO5/c1-13-4-5-14(12-15(13)20-2)16(19)17-6-9-22-11-10-21-8-3-7-18/h4-5,7,12H,3,6,8-11H2,1-2H3,(H,17,19). The monoisotopic (exact) mass is 309 g/mol. The van der Waals surface area contributed by atoms with Crippen molar-refractivity contribution in [2.45, 2.75) is 13.3 Å². The fraction of sp³-hybridized carbons (Fsp3) is 0.500. The first-order valence-electron chi connectivity index (χ1n) is 7.21. The minimum atomic E-state index is -0.163. The molecule has 0 atom stereocenters. The zero-order valence-electron chi connectivity index (χ0n) is 13.1. The molecule has 0 aliphatic carbocycles. The Kier molecular flexibility index (Phi) is 8.86. The zero-order valence-corrected chi connectivity index (χ0v) is 13.1. The van der Waals surface area contributed by atoms with Gasteiger partial charge in [-0.2, -0.15) is 0 Å². The predicted octanol–water partition coefficient (Wildman–Crippen LogP) is 1.36. The second-order valence-electron chi connectivity index (χ2n) is 4.62. The predicted molar refractivity (Wildman–Crippen MR) is 82.4 cm³/mol. The van der Waals surface area contributed by atoms with Gasteiger partial charge in [0.2, 0.25) is 0 Å². The third-order valence-electron chi connectivity index (χ3n) is 2.95. The average molecular weight is 309 g/mol. The van der Waals surface area contributed by atoms with Crippen LogP contribution in [0, 0.1) is 6.92 Å². The van der Waals surface area contributed by atoms with Crippen LogP contribution in [-0.2, 0) is 14.3 Å². The molecule has 0 heterocycles. The Morgan fingerprint density at radius 2 is 1.91 bits per heavy atom. The lowest BCUT2D eigenvalue weighted by Gasteiger charge is -2.09. The van der Waals surface area contributed by atoms with E-state index in [1.807, 2.05) is 13.0 Å². The molecular weight excluding hydrogens is 286 g/mol. The van der Waals surface area contributed by atoms with E-state index in [1.54, 1.807) is 19.2 Å². The number of nitrogens with one attached hydrogen (secondary N) is 1. The third kappa shape index (κ3) is 6.69. The van der Waals surface area contributed by atoms with E-state index in [4.69, 9.17) is 14.2 Å². The topological polar surface area (TPSA) is 73.9 Å². The van der Waals surface area contributed by atoms with Gasteiger partial charge in [-0.3, -0.25) is 4.79 Å². The van der Waals surface area contributed by atoms with E-state index in [-0.39, 0.29) is 5.91 Å². The number of aryl methyl sites for hydroxylation is 1. The molecule has 0 aliphatic heterocycles. The number of carbonyl (C=O) groups excluding carboxylic acids is 2. The lowest BCUT2D eigenvalue weighted by atomic mass is 10.1. The van der Waals surface area contributed by atoms with Crippen molar-refractivity contribution in [2.24, 2.45) is 0 Å². The van der Waals surface area contributed by atoms with Crippen molar-refractivity contribution in [3.05, 3.63) is 29.3 Å².